The second kappa shape index (κ2) is 7.60. The van der Waals surface area contributed by atoms with Gasteiger partial charge >= 0.3 is 0 Å². The first kappa shape index (κ1) is 16.0. The molecular weight excluding hydrogens is 286 g/mol. The normalized spacial score (nSPS) is 17.5. The number of ether oxygens (including phenoxy) is 1. The van der Waals surface area contributed by atoms with E-state index in [0.717, 1.165) is 31.6 Å². The van der Waals surface area contributed by atoms with Crippen molar-refractivity contribution < 1.29 is 9.53 Å². The molecule has 23 heavy (non-hydrogen) atoms. The van der Waals surface area contributed by atoms with Gasteiger partial charge in [-0.15, -0.1) is 0 Å². The first-order valence-electron chi connectivity index (χ1n) is 8.56. The van der Waals surface area contributed by atoms with Gasteiger partial charge in [0.15, 0.2) is 0 Å². The Morgan fingerprint density at radius 3 is 2.87 bits per heavy atom. The fourth-order valence-corrected chi connectivity index (χ4v) is 3.30. The first-order valence-corrected chi connectivity index (χ1v) is 8.56. The largest absolute Gasteiger partial charge is 0.378 e. The van der Waals surface area contributed by atoms with Crippen molar-refractivity contribution in [2.75, 3.05) is 20.2 Å². The van der Waals surface area contributed by atoms with Crippen molar-refractivity contribution in [1.82, 2.24) is 4.90 Å². The molecule has 1 aliphatic rings. The summed E-state index contributed by atoms with van der Waals surface area (Å²) in [4.78, 5) is 14.3. The van der Waals surface area contributed by atoms with Crippen LogP contribution in [0.4, 0.5) is 0 Å². The van der Waals surface area contributed by atoms with Crippen LogP contribution >= 0.6 is 0 Å². The molecule has 2 aromatic rings. The highest BCUT2D eigenvalue weighted by molar-refractivity contribution is 5.90. The molecule has 0 aliphatic carbocycles. The lowest BCUT2D eigenvalue weighted by Gasteiger charge is -2.19. The molecule has 1 saturated heterocycles. The Labute approximate surface area is 138 Å². The zero-order valence-electron chi connectivity index (χ0n) is 13.8. The van der Waals surface area contributed by atoms with E-state index in [4.69, 9.17) is 4.74 Å². The molecule has 1 unspecified atom stereocenters. The molecular formula is C20H25NO2. The van der Waals surface area contributed by atoms with E-state index in [2.05, 4.69) is 24.3 Å². The van der Waals surface area contributed by atoms with Crippen LogP contribution in [-0.2, 0) is 16.0 Å². The minimum atomic E-state index is 0.189. The summed E-state index contributed by atoms with van der Waals surface area (Å²) in [6.07, 6.45) is 5.32. The number of likely N-dealkylation sites (N-methyl/N-ethyl adjacent to an activating group) is 1. The third-order valence-electron chi connectivity index (χ3n) is 4.69. The lowest BCUT2D eigenvalue weighted by atomic mass is 10.0. The number of carbonyl (C=O) groups excluding carboxylic acids is 1. The zero-order valence-corrected chi connectivity index (χ0v) is 13.8. The lowest BCUT2D eigenvalue weighted by molar-refractivity contribution is -0.129. The van der Waals surface area contributed by atoms with Crippen molar-refractivity contribution in [1.29, 1.82) is 0 Å². The van der Waals surface area contributed by atoms with Crippen molar-refractivity contribution in [3.63, 3.8) is 0 Å². The van der Waals surface area contributed by atoms with Crippen molar-refractivity contribution >= 4 is 16.7 Å². The Morgan fingerprint density at radius 1 is 1.22 bits per heavy atom. The first-order chi connectivity index (χ1) is 11.2. The van der Waals surface area contributed by atoms with Gasteiger partial charge in [-0.05, 0) is 42.0 Å². The molecule has 0 bridgehead atoms. The molecule has 0 aromatic heterocycles. The third-order valence-corrected chi connectivity index (χ3v) is 4.69. The summed E-state index contributed by atoms with van der Waals surface area (Å²) in [5, 5.41) is 2.37. The highest BCUT2D eigenvalue weighted by Crippen LogP contribution is 2.20. The number of nitrogens with zero attached hydrogens (tertiary/aromatic N) is 1. The second-order valence-electron chi connectivity index (χ2n) is 6.41. The Balaban J connectivity index is 1.54. The second-order valence-corrected chi connectivity index (χ2v) is 6.41. The summed E-state index contributed by atoms with van der Waals surface area (Å²) < 4.78 is 5.64. The van der Waals surface area contributed by atoms with Crippen LogP contribution in [0.2, 0.25) is 0 Å². The maximum Gasteiger partial charge on any atom is 0.226 e. The van der Waals surface area contributed by atoms with Crippen LogP contribution in [-0.4, -0.2) is 37.1 Å². The molecule has 0 radical (unpaired) electrons. The topological polar surface area (TPSA) is 29.5 Å². The van der Waals surface area contributed by atoms with Gasteiger partial charge in [-0.2, -0.15) is 0 Å². The number of carbonyl (C=O) groups is 1. The van der Waals surface area contributed by atoms with Crippen LogP contribution in [0.25, 0.3) is 10.8 Å². The summed E-state index contributed by atoms with van der Waals surface area (Å²) in [7, 11) is 1.91. The summed E-state index contributed by atoms with van der Waals surface area (Å²) in [5.41, 5.74) is 1.11. The minimum Gasteiger partial charge on any atom is -0.378 e. The highest BCUT2D eigenvalue weighted by atomic mass is 16.5. The number of hydrogen-bond acceptors (Lipinski definition) is 2. The van der Waals surface area contributed by atoms with E-state index >= 15 is 0 Å². The molecule has 1 heterocycles. The van der Waals surface area contributed by atoms with E-state index in [1.807, 2.05) is 30.1 Å². The van der Waals surface area contributed by atoms with Crippen molar-refractivity contribution in [3.8, 4) is 0 Å². The standard InChI is InChI=1S/C20H25NO2/c1-21(13-5-10-18-11-6-14-23-18)20(22)15-17-9-4-8-16-7-2-3-12-19(16)17/h2-4,7-9,12,18H,5-6,10-11,13-15H2,1H3. The molecule has 3 heteroatoms. The highest BCUT2D eigenvalue weighted by Gasteiger charge is 2.16. The van der Waals surface area contributed by atoms with E-state index < -0.39 is 0 Å². The van der Waals surface area contributed by atoms with E-state index in [-0.39, 0.29) is 5.91 Å². The van der Waals surface area contributed by atoms with Crippen LogP contribution in [0.5, 0.6) is 0 Å². The average molecular weight is 311 g/mol. The smallest absolute Gasteiger partial charge is 0.226 e. The number of fused-ring (bicyclic) bond motifs is 1. The predicted molar refractivity (Wildman–Crippen MR) is 93.5 cm³/mol. The molecule has 1 atom stereocenters. The molecule has 3 rings (SSSR count). The van der Waals surface area contributed by atoms with Crippen LogP contribution in [0.1, 0.15) is 31.2 Å². The van der Waals surface area contributed by atoms with Crippen LogP contribution in [0.3, 0.4) is 0 Å². The van der Waals surface area contributed by atoms with Gasteiger partial charge in [0.2, 0.25) is 5.91 Å². The van der Waals surface area contributed by atoms with Gasteiger partial charge in [0, 0.05) is 20.2 Å². The Bertz CT molecular complexity index is 656. The molecule has 2 aromatic carbocycles. The maximum atomic E-state index is 12.5. The maximum absolute atomic E-state index is 12.5. The summed E-state index contributed by atoms with van der Waals surface area (Å²) >= 11 is 0. The zero-order chi connectivity index (χ0) is 16.1. The SMILES string of the molecule is CN(CCCC1CCCO1)C(=O)Cc1cccc2ccccc12. The number of amides is 1. The third kappa shape index (κ3) is 4.11. The molecule has 1 fully saturated rings. The predicted octanol–water partition coefficient (Wildman–Crippen LogP) is 3.80. The average Bonchev–Trinajstić information content (AvgIpc) is 3.08. The molecule has 1 aliphatic heterocycles. The van der Waals surface area contributed by atoms with E-state index in [9.17, 15) is 4.79 Å². The van der Waals surface area contributed by atoms with Gasteiger partial charge in [0.05, 0.1) is 12.5 Å². The number of hydrogen-bond donors (Lipinski definition) is 0. The van der Waals surface area contributed by atoms with Gasteiger partial charge in [0.1, 0.15) is 0 Å². The van der Waals surface area contributed by atoms with Crippen molar-refractivity contribution in [2.24, 2.45) is 0 Å². The van der Waals surface area contributed by atoms with Gasteiger partial charge in [-0.1, -0.05) is 42.5 Å². The van der Waals surface area contributed by atoms with Gasteiger partial charge in [-0.3, -0.25) is 4.79 Å². The molecule has 3 nitrogen and oxygen atoms in total. The fourth-order valence-electron chi connectivity index (χ4n) is 3.30. The molecule has 1 amide bonds. The number of rotatable bonds is 6. The molecule has 0 N–H and O–H groups in total. The summed E-state index contributed by atoms with van der Waals surface area (Å²) in [6.45, 7) is 1.71. The Morgan fingerprint density at radius 2 is 2.04 bits per heavy atom. The molecule has 0 spiro atoms. The van der Waals surface area contributed by atoms with Crippen LogP contribution in [0.15, 0.2) is 42.5 Å². The van der Waals surface area contributed by atoms with E-state index in [1.54, 1.807) is 0 Å². The van der Waals surface area contributed by atoms with Gasteiger partial charge < -0.3 is 9.64 Å². The van der Waals surface area contributed by atoms with Gasteiger partial charge in [-0.25, -0.2) is 0 Å². The van der Waals surface area contributed by atoms with E-state index in [0.29, 0.717) is 12.5 Å². The molecule has 122 valence electrons. The van der Waals surface area contributed by atoms with Crippen LogP contribution in [0, 0.1) is 0 Å². The lowest BCUT2D eigenvalue weighted by Crippen LogP contribution is -2.29. The quantitative estimate of drug-likeness (QED) is 0.812. The minimum absolute atomic E-state index is 0.189. The monoisotopic (exact) mass is 311 g/mol. The fraction of sp³-hybridized carbons (Fsp3) is 0.450. The Hall–Kier alpha value is -1.87. The Kier molecular flexibility index (Phi) is 5.29. The van der Waals surface area contributed by atoms with Crippen molar-refractivity contribution in [3.05, 3.63) is 48.0 Å². The van der Waals surface area contributed by atoms with Crippen molar-refractivity contribution in [2.45, 2.75) is 38.2 Å². The van der Waals surface area contributed by atoms with Crippen LogP contribution < -0.4 is 0 Å². The summed E-state index contributed by atoms with van der Waals surface area (Å²) in [6, 6.07) is 14.4. The molecule has 0 saturated carbocycles. The number of benzene rings is 2. The van der Waals surface area contributed by atoms with E-state index in [1.165, 1.54) is 23.6 Å². The summed E-state index contributed by atoms with van der Waals surface area (Å²) in [5.74, 6) is 0.189. The van der Waals surface area contributed by atoms with Gasteiger partial charge in [0.25, 0.3) is 0 Å².